The molecule has 1 aromatic carbocycles. The van der Waals surface area contributed by atoms with E-state index in [-0.39, 0.29) is 0 Å². The van der Waals surface area contributed by atoms with Crippen molar-refractivity contribution in [2.24, 2.45) is 5.92 Å². The van der Waals surface area contributed by atoms with Crippen LogP contribution in [0.5, 0.6) is 0 Å². The van der Waals surface area contributed by atoms with Gasteiger partial charge in [0.2, 0.25) is 0 Å². The van der Waals surface area contributed by atoms with Gasteiger partial charge < -0.3 is 5.32 Å². The van der Waals surface area contributed by atoms with Crippen LogP contribution in [0.15, 0.2) is 22.7 Å². The van der Waals surface area contributed by atoms with Crippen LogP contribution in [0.25, 0.3) is 0 Å². The molecule has 0 aromatic heterocycles. The topological polar surface area (TPSA) is 12.0 Å². The molecule has 1 nitrogen and oxygen atoms in total. The van der Waals surface area contributed by atoms with E-state index >= 15 is 0 Å². The molecule has 16 heavy (non-hydrogen) atoms. The monoisotopic (exact) mass is 299 g/mol. The van der Waals surface area contributed by atoms with Crippen LogP contribution in [0.1, 0.15) is 18.1 Å². The fourth-order valence-electron chi connectivity index (χ4n) is 2.01. The first kappa shape index (κ1) is 12.5. The van der Waals surface area contributed by atoms with E-state index in [0.717, 1.165) is 12.5 Å². The van der Waals surface area contributed by atoms with Crippen LogP contribution in [-0.4, -0.2) is 17.5 Å². The second kappa shape index (κ2) is 5.56. The lowest BCUT2D eigenvalue weighted by atomic mass is 10.1. The molecule has 1 saturated heterocycles. The third-order valence-electron chi connectivity index (χ3n) is 3.19. The molecule has 0 spiro atoms. The summed E-state index contributed by atoms with van der Waals surface area (Å²) in [7, 11) is 0. The van der Waals surface area contributed by atoms with Gasteiger partial charge in [-0.2, -0.15) is 11.8 Å². The van der Waals surface area contributed by atoms with Crippen molar-refractivity contribution < 1.29 is 0 Å². The predicted octanol–water partition coefficient (Wildman–Crippen LogP) is 3.60. The van der Waals surface area contributed by atoms with Crippen molar-refractivity contribution in [2.45, 2.75) is 26.4 Å². The molecule has 2 atom stereocenters. The minimum absolute atomic E-state index is 0.678. The lowest BCUT2D eigenvalue weighted by Gasteiger charge is -2.17. The summed E-state index contributed by atoms with van der Waals surface area (Å²) in [4.78, 5) is 0. The number of benzene rings is 1. The smallest absolute Gasteiger partial charge is 0.0249 e. The van der Waals surface area contributed by atoms with Crippen molar-refractivity contribution in [2.75, 3.05) is 11.5 Å². The minimum Gasteiger partial charge on any atom is -0.309 e. The summed E-state index contributed by atoms with van der Waals surface area (Å²) in [5, 5.41) is 3.66. The molecule has 88 valence electrons. The van der Waals surface area contributed by atoms with Gasteiger partial charge in [0.05, 0.1) is 0 Å². The van der Waals surface area contributed by atoms with Gasteiger partial charge >= 0.3 is 0 Å². The Bertz CT molecular complexity index is 367. The number of aryl methyl sites for hydroxylation is 1. The van der Waals surface area contributed by atoms with Crippen LogP contribution < -0.4 is 5.32 Å². The van der Waals surface area contributed by atoms with Crippen LogP contribution >= 0.6 is 27.7 Å². The molecule has 0 unspecified atom stereocenters. The maximum Gasteiger partial charge on any atom is 0.0249 e. The van der Waals surface area contributed by atoms with E-state index in [1.165, 1.54) is 27.1 Å². The van der Waals surface area contributed by atoms with Crippen molar-refractivity contribution in [3.05, 3.63) is 33.8 Å². The van der Waals surface area contributed by atoms with E-state index in [0.29, 0.717) is 6.04 Å². The summed E-state index contributed by atoms with van der Waals surface area (Å²) < 4.78 is 1.25. The van der Waals surface area contributed by atoms with Crippen molar-refractivity contribution in [1.82, 2.24) is 5.32 Å². The number of hydrogen-bond donors (Lipinski definition) is 1. The summed E-state index contributed by atoms with van der Waals surface area (Å²) in [6.45, 7) is 5.45. The van der Waals surface area contributed by atoms with Gasteiger partial charge in [-0.25, -0.2) is 0 Å². The first-order chi connectivity index (χ1) is 7.68. The number of hydrogen-bond acceptors (Lipinski definition) is 2. The molecule has 1 aliphatic rings. The third kappa shape index (κ3) is 2.82. The highest BCUT2D eigenvalue weighted by atomic mass is 79.9. The second-order valence-corrected chi connectivity index (χ2v) is 6.42. The van der Waals surface area contributed by atoms with E-state index in [1.54, 1.807) is 0 Å². The van der Waals surface area contributed by atoms with Gasteiger partial charge in [0.25, 0.3) is 0 Å². The Hall–Kier alpha value is 0.01000. The normalized spacial score (nSPS) is 24.9. The van der Waals surface area contributed by atoms with E-state index in [9.17, 15) is 0 Å². The molecule has 1 fully saturated rings. The lowest BCUT2D eigenvalue weighted by molar-refractivity contribution is 0.453. The Balaban J connectivity index is 1.96. The molecule has 1 aromatic rings. The summed E-state index contributed by atoms with van der Waals surface area (Å²) in [5.74, 6) is 3.35. The van der Waals surface area contributed by atoms with Crippen molar-refractivity contribution >= 4 is 27.7 Å². The van der Waals surface area contributed by atoms with Crippen LogP contribution in [0, 0.1) is 12.8 Å². The molecule has 2 rings (SSSR count). The maximum atomic E-state index is 3.66. The highest BCUT2D eigenvalue weighted by Gasteiger charge is 2.23. The van der Waals surface area contributed by atoms with Gasteiger partial charge in [0.15, 0.2) is 0 Å². The minimum atomic E-state index is 0.678. The Labute approximate surface area is 111 Å². The van der Waals surface area contributed by atoms with Gasteiger partial charge in [0.1, 0.15) is 0 Å². The van der Waals surface area contributed by atoms with Crippen LogP contribution in [0.2, 0.25) is 0 Å². The van der Waals surface area contributed by atoms with E-state index in [1.807, 2.05) is 0 Å². The van der Waals surface area contributed by atoms with Crippen LogP contribution in [0.4, 0.5) is 0 Å². The SMILES string of the molecule is Cc1cccc(CN[C@H]2CSC[C@H]2C)c1Br. The predicted molar refractivity (Wildman–Crippen MR) is 76.0 cm³/mol. The number of thioether (sulfide) groups is 1. The maximum absolute atomic E-state index is 3.66. The lowest BCUT2D eigenvalue weighted by Crippen LogP contribution is -2.33. The zero-order valence-electron chi connectivity index (χ0n) is 9.79. The van der Waals surface area contributed by atoms with Crippen molar-refractivity contribution in [1.29, 1.82) is 0 Å². The van der Waals surface area contributed by atoms with Gasteiger partial charge in [-0.05, 0) is 29.7 Å². The number of nitrogens with one attached hydrogen (secondary N) is 1. The largest absolute Gasteiger partial charge is 0.309 e. The average molecular weight is 300 g/mol. The Morgan fingerprint density at radius 3 is 2.94 bits per heavy atom. The number of halogens is 1. The Kier molecular flexibility index (Phi) is 4.34. The Morgan fingerprint density at radius 2 is 2.25 bits per heavy atom. The van der Waals surface area contributed by atoms with E-state index < -0.39 is 0 Å². The van der Waals surface area contributed by atoms with Gasteiger partial charge in [-0.3, -0.25) is 0 Å². The molecule has 1 heterocycles. The first-order valence-electron chi connectivity index (χ1n) is 5.73. The van der Waals surface area contributed by atoms with Crippen LogP contribution in [0.3, 0.4) is 0 Å². The van der Waals surface area contributed by atoms with Crippen molar-refractivity contribution in [3.63, 3.8) is 0 Å². The van der Waals surface area contributed by atoms with Crippen molar-refractivity contribution in [3.8, 4) is 0 Å². The number of rotatable bonds is 3. The van der Waals surface area contributed by atoms with E-state index in [2.05, 4.69) is 65.1 Å². The average Bonchev–Trinajstić information content (AvgIpc) is 2.67. The first-order valence-corrected chi connectivity index (χ1v) is 7.68. The fraction of sp³-hybridized carbons (Fsp3) is 0.538. The zero-order chi connectivity index (χ0) is 11.5. The van der Waals surface area contributed by atoms with Gasteiger partial charge in [-0.15, -0.1) is 0 Å². The molecule has 1 aliphatic heterocycles. The Morgan fingerprint density at radius 1 is 1.44 bits per heavy atom. The van der Waals surface area contributed by atoms with Crippen LogP contribution in [-0.2, 0) is 6.54 Å². The fourth-order valence-corrected chi connectivity index (χ4v) is 3.85. The molecular formula is C13H18BrNS. The summed E-state index contributed by atoms with van der Waals surface area (Å²) in [6.07, 6.45) is 0. The highest BCUT2D eigenvalue weighted by Crippen LogP contribution is 2.25. The van der Waals surface area contributed by atoms with Gasteiger partial charge in [-0.1, -0.05) is 41.1 Å². The molecule has 0 bridgehead atoms. The zero-order valence-corrected chi connectivity index (χ0v) is 12.2. The summed E-state index contributed by atoms with van der Waals surface area (Å²) in [5.41, 5.74) is 2.68. The molecule has 0 aliphatic carbocycles. The quantitative estimate of drug-likeness (QED) is 0.915. The molecule has 1 N–H and O–H groups in total. The second-order valence-electron chi connectivity index (χ2n) is 4.55. The molecule has 0 radical (unpaired) electrons. The summed E-state index contributed by atoms with van der Waals surface area (Å²) >= 11 is 5.72. The molecule has 3 heteroatoms. The molecular weight excluding hydrogens is 282 g/mol. The summed E-state index contributed by atoms with van der Waals surface area (Å²) in [6, 6.07) is 7.14. The standard InChI is InChI=1S/C13H18BrNS/c1-9-4-3-5-11(13(9)14)6-15-12-8-16-7-10(12)2/h3-5,10,12,15H,6-8H2,1-2H3/t10-,12+/m1/s1. The highest BCUT2D eigenvalue weighted by molar-refractivity contribution is 9.10. The van der Waals surface area contributed by atoms with Gasteiger partial charge in [0, 0.05) is 22.8 Å². The van der Waals surface area contributed by atoms with E-state index in [4.69, 9.17) is 0 Å². The third-order valence-corrected chi connectivity index (χ3v) is 5.68. The molecule has 0 saturated carbocycles. The molecule has 0 amide bonds.